The minimum Gasteiger partial charge on any atom is -0.414 e. The van der Waals surface area contributed by atoms with Crippen molar-refractivity contribution in [1.82, 2.24) is 0 Å². The molecule has 1 unspecified atom stereocenters. The van der Waals surface area contributed by atoms with Crippen molar-refractivity contribution >= 4 is 14.6 Å². The van der Waals surface area contributed by atoms with Crippen LogP contribution < -0.4 is 0 Å². The molecular formula is C19H34O2Si. The molecule has 0 aliphatic heterocycles. The van der Waals surface area contributed by atoms with E-state index in [1.54, 1.807) is 0 Å². The summed E-state index contributed by atoms with van der Waals surface area (Å²) in [5.74, 6) is 0.652. The Morgan fingerprint density at radius 1 is 1.32 bits per heavy atom. The van der Waals surface area contributed by atoms with Crippen LogP contribution in [0.2, 0.25) is 18.1 Å². The van der Waals surface area contributed by atoms with Gasteiger partial charge in [-0.3, -0.25) is 0 Å². The van der Waals surface area contributed by atoms with Gasteiger partial charge in [-0.2, -0.15) is 0 Å². The summed E-state index contributed by atoms with van der Waals surface area (Å²) < 4.78 is 6.89. The average Bonchev–Trinajstić information content (AvgIpc) is 2.88. The van der Waals surface area contributed by atoms with Gasteiger partial charge in [0.25, 0.3) is 0 Å². The largest absolute Gasteiger partial charge is 0.414 e. The van der Waals surface area contributed by atoms with Gasteiger partial charge in [0.1, 0.15) is 6.29 Å². The van der Waals surface area contributed by atoms with Gasteiger partial charge >= 0.3 is 0 Å². The standard InChI is InChI=1S/C19H34O2Si/c1-5-22(6-2,7-3)21-18-11-8-14-19(4)16(10-9-15-20)12-13-17(18)19/h12,15,17-18H,5-11,13-14H2,1-4H3/t17-,18?,19+/m0/s1. The van der Waals surface area contributed by atoms with E-state index >= 15 is 0 Å². The average molecular weight is 323 g/mol. The highest BCUT2D eigenvalue weighted by Crippen LogP contribution is 2.55. The molecule has 0 aromatic carbocycles. The molecule has 22 heavy (non-hydrogen) atoms. The summed E-state index contributed by atoms with van der Waals surface area (Å²) in [6.07, 6.45) is 10.5. The number of aldehydes is 1. The summed E-state index contributed by atoms with van der Waals surface area (Å²) in [4.78, 5) is 10.7. The molecule has 0 aromatic heterocycles. The fourth-order valence-corrected chi connectivity index (χ4v) is 7.77. The molecule has 0 N–H and O–H groups in total. The van der Waals surface area contributed by atoms with Crippen molar-refractivity contribution in [3.8, 4) is 0 Å². The second-order valence-corrected chi connectivity index (χ2v) is 12.2. The molecule has 0 radical (unpaired) electrons. The zero-order chi connectivity index (χ0) is 16.2. The monoisotopic (exact) mass is 322 g/mol. The Balaban J connectivity index is 2.12. The first-order valence-electron chi connectivity index (χ1n) is 9.36. The maximum absolute atomic E-state index is 10.7. The summed E-state index contributed by atoms with van der Waals surface area (Å²) >= 11 is 0. The normalized spacial score (nSPS) is 31.7. The third-order valence-corrected chi connectivity index (χ3v) is 11.3. The highest BCUT2D eigenvalue weighted by Gasteiger charge is 2.48. The van der Waals surface area contributed by atoms with E-state index < -0.39 is 8.32 Å². The van der Waals surface area contributed by atoms with Gasteiger partial charge in [0.2, 0.25) is 0 Å². The quantitative estimate of drug-likeness (QED) is 0.335. The summed E-state index contributed by atoms with van der Waals surface area (Å²) in [6, 6.07) is 3.72. The Morgan fingerprint density at radius 2 is 2.00 bits per heavy atom. The molecule has 0 amide bonds. The molecule has 3 atom stereocenters. The van der Waals surface area contributed by atoms with Crippen molar-refractivity contribution in [3.05, 3.63) is 11.6 Å². The molecule has 2 nitrogen and oxygen atoms in total. The van der Waals surface area contributed by atoms with E-state index in [-0.39, 0.29) is 0 Å². The Hall–Kier alpha value is -0.413. The van der Waals surface area contributed by atoms with Crippen LogP contribution in [0.25, 0.3) is 0 Å². The summed E-state index contributed by atoms with van der Waals surface area (Å²) in [5, 5.41) is 0. The van der Waals surface area contributed by atoms with Gasteiger partial charge < -0.3 is 9.22 Å². The number of hydrogen-bond acceptors (Lipinski definition) is 2. The van der Waals surface area contributed by atoms with Gasteiger partial charge in [-0.1, -0.05) is 45.8 Å². The minimum atomic E-state index is -1.52. The lowest BCUT2D eigenvalue weighted by Crippen LogP contribution is -2.47. The fraction of sp³-hybridized carbons (Fsp3) is 0.842. The molecule has 0 saturated heterocycles. The van der Waals surface area contributed by atoms with Crippen LogP contribution in [-0.4, -0.2) is 20.7 Å². The van der Waals surface area contributed by atoms with Crippen LogP contribution in [0.3, 0.4) is 0 Å². The molecule has 2 rings (SSSR count). The summed E-state index contributed by atoms with van der Waals surface area (Å²) in [5.41, 5.74) is 1.83. The third-order valence-electron chi connectivity index (χ3n) is 6.67. The molecule has 126 valence electrons. The van der Waals surface area contributed by atoms with Crippen molar-refractivity contribution < 1.29 is 9.22 Å². The molecular weight excluding hydrogens is 288 g/mol. The van der Waals surface area contributed by atoms with Gasteiger partial charge in [-0.25, -0.2) is 0 Å². The summed E-state index contributed by atoms with van der Waals surface area (Å²) in [6.45, 7) is 9.40. The number of hydrogen-bond donors (Lipinski definition) is 0. The Morgan fingerprint density at radius 3 is 2.59 bits per heavy atom. The predicted octanol–water partition coefficient (Wildman–Crippen LogP) is 5.49. The van der Waals surface area contributed by atoms with E-state index in [1.165, 1.54) is 43.0 Å². The second kappa shape index (κ2) is 7.44. The first kappa shape index (κ1) is 17.9. The number of carbonyl (C=O) groups excluding carboxylic acids is 1. The molecule has 0 bridgehead atoms. The predicted molar refractivity (Wildman–Crippen MR) is 95.5 cm³/mol. The van der Waals surface area contributed by atoms with Gasteiger partial charge in [-0.05, 0) is 55.1 Å². The molecule has 0 aromatic rings. The fourth-order valence-electron chi connectivity index (χ4n) is 4.84. The first-order valence-corrected chi connectivity index (χ1v) is 11.9. The van der Waals surface area contributed by atoms with Crippen LogP contribution in [0.4, 0.5) is 0 Å². The summed E-state index contributed by atoms with van der Waals surface area (Å²) in [7, 11) is -1.52. The van der Waals surface area contributed by atoms with Gasteiger partial charge in [0.05, 0.1) is 0 Å². The minimum absolute atomic E-state index is 0.293. The highest BCUT2D eigenvalue weighted by molar-refractivity contribution is 6.73. The third kappa shape index (κ3) is 3.26. The van der Waals surface area contributed by atoms with Crippen molar-refractivity contribution in [2.24, 2.45) is 11.3 Å². The van der Waals surface area contributed by atoms with E-state index in [2.05, 4.69) is 33.8 Å². The topological polar surface area (TPSA) is 26.3 Å². The lowest BCUT2D eigenvalue weighted by molar-refractivity contribution is -0.107. The zero-order valence-electron chi connectivity index (χ0n) is 15.0. The molecule has 2 aliphatic rings. The SMILES string of the molecule is CC[Si](CC)(CC)OC1CCC[C@]2(C)C(CCC=O)=CC[C@@H]12. The second-order valence-electron chi connectivity index (χ2n) is 7.49. The van der Waals surface area contributed by atoms with Crippen molar-refractivity contribution in [1.29, 1.82) is 0 Å². The number of rotatable bonds is 8. The lowest BCUT2D eigenvalue weighted by Gasteiger charge is -2.47. The van der Waals surface area contributed by atoms with E-state index in [0.29, 0.717) is 23.9 Å². The van der Waals surface area contributed by atoms with E-state index in [4.69, 9.17) is 4.43 Å². The van der Waals surface area contributed by atoms with Gasteiger partial charge in [0, 0.05) is 12.5 Å². The van der Waals surface area contributed by atoms with Crippen LogP contribution >= 0.6 is 0 Å². The number of carbonyl (C=O) groups is 1. The molecule has 0 heterocycles. The van der Waals surface area contributed by atoms with Crippen molar-refractivity contribution in [2.45, 2.75) is 90.5 Å². The molecule has 2 aliphatic carbocycles. The maximum Gasteiger partial charge on any atom is 0.192 e. The van der Waals surface area contributed by atoms with Crippen molar-refractivity contribution in [2.75, 3.05) is 0 Å². The Labute approximate surface area is 137 Å². The van der Waals surface area contributed by atoms with Crippen LogP contribution in [0.1, 0.15) is 66.2 Å². The molecule has 0 spiro atoms. The van der Waals surface area contributed by atoms with Crippen LogP contribution in [0.15, 0.2) is 11.6 Å². The number of fused-ring (bicyclic) bond motifs is 1. The van der Waals surface area contributed by atoms with Crippen LogP contribution in [-0.2, 0) is 9.22 Å². The Bertz CT molecular complexity index is 405. The van der Waals surface area contributed by atoms with Crippen LogP contribution in [0.5, 0.6) is 0 Å². The Kier molecular flexibility index (Phi) is 6.06. The molecule has 1 saturated carbocycles. The molecule has 1 fully saturated rings. The van der Waals surface area contributed by atoms with E-state index in [1.807, 2.05) is 0 Å². The van der Waals surface area contributed by atoms with Gasteiger partial charge in [0.15, 0.2) is 8.32 Å². The first-order chi connectivity index (χ1) is 10.5. The smallest absolute Gasteiger partial charge is 0.192 e. The van der Waals surface area contributed by atoms with E-state index in [0.717, 1.165) is 19.1 Å². The van der Waals surface area contributed by atoms with Crippen molar-refractivity contribution in [3.63, 3.8) is 0 Å². The van der Waals surface area contributed by atoms with Crippen LogP contribution in [0, 0.1) is 11.3 Å². The zero-order valence-corrected chi connectivity index (χ0v) is 16.0. The molecule has 3 heteroatoms. The van der Waals surface area contributed by atoms with Gasteiger partial charge in [-0.15, -0.1) is 0 Å². The van der Waals surface area contributed by atoms with E-state index in [9.17, 15) is 4.79 Å². The highest BCUT2D eigenvalue weighted by atomic mass is 28.4. The maximum atomic E-state index is 10.7. The lowest BCUT2D eigenvalue weighted by atomic mass is 9.64. The number of allylic oxidation sites excluding steroid dienone is 2.